The minimum absolute atomic E-state index is 0.00227. The summed E-state index contributed by atoms with van der Waals surface area (Å²) in [4.78, 5) is 20.2. The summed E-state index contributed by atoms with van der Waals surface area (Å²) < 4.78 is 5.04. The molecule has 0 radical (unpaired) electrons. The van der Waals surface area contributed by atoms with E-state index in [0.717, 1.165) is 12.0 Å². The van der Waals surface area contributed by atoms with Crippen LogP contribution in [0, 0.1) is 17.8 Å². The van der Waals surface area contributed by atoms with E-state index in [1.807, 2.05) is 6.07 Å². The smallest absolute Gasteiger partial charge is 0.316 e. The van der Waals surface area contributed by atoms with Gasteiger partial charge in [0.05, 0.1) is 0 Å². The summed E-state index contributed by atoms with van der Waals surface area (Å²) in [6.07, 6.45) is 10.3. The van der Waals surface area contributed by atoms with Gasteiger partial charge in [-0.15, -0.1) is 0 Å². The molecular weight excluding hydrogens is 280 g/mol. The Labute approximate surface area is 127 Å². The van der Waals surface area contributed by atoms with E-state index in [-0.39, 0.29) is 11.8 Å². The second-order valence-electron chi connectivity index (χ2n) is 5.92. The molecule has 2 aliphatic rings. The third-order valence-electron chi connectivity index (χ3n) is 4.48. The lowest BCUT2D eigenvalue weighted by molar-refractivity contribution is 0.0901. The third-order valence-corrected chi connectivity index (χ3v) is 4.48. The SMILES string of the molecule is O=C(NCC1CC2C=CC1C2)c1nc(-c2cccnc2)no1. The Morgan fingerprint density at radius 3 is 3.05 bits per heavy atom. The lowest BCUT2D eigenvalue weighted by Crippen LogP contribution is -2.31. The zero-order valence-corrected chi connectivity index (χ0v) is 12.0. The lowest BCUT2D eigenvalue weighted by Gasteiger charge is -2.17. The molecule has 3 atom stereocenters. The van der Waals surface area contributed by atoms with Crippen LogP contribution in [0.2, 0.25) is 0 Å². The zero-order valence-electron chi connectivity index (χ0n) is 12.0. The van der Waals surface area contributed by atoms with Gasteiger partial charge in [0.2, 0.25) is 5.82 Å². The standard InChI is InChI=1S/C16H16N4O2/c21-15(18-9-13-7-10-3-4-11(13)6-10)16-19-14(20-22-16)12-2-1-5-17-8-12/h1-5,8,10-11,13H,6-7,9H2,(H,18,21). The molecule has 1 amide bonds. The van der Waals surface area contributed by atoms with Crippen molar-refractivity contribution >= 4 is 5.91 Å². The van der Waals surface area contributed by atoms with Gasteiger partial charge in [0.15, 0.2) is 0 Å². The maximum absolute atomic E-state index is 12.1. The van der Waals surface area contributed by atoms with Crippen LogP contribution in [0.15, 0.2) is 41.2 Å². The molecule has 1 fully saturated rings. The number of allylic oxidation sites excluding steroid dienone is 2. The van der Waals surface area contributed by atoms with Crippen LogP contribution in [0.4, 0.5) is 0 Å². The van der Waals surface area contributed by atoms with Crippen molar-refractivity contribution in [1.29, 1.82) is 0 Å². The van der Waals surface area contributed by atoms with E-state index < -0.39 is 0 Å². The summed E-state index contributed by atoms with van der Waals surface area (Å²) in [6.45, 7) is 0.662. The highest BCUT2D eigenvalue weighted by molar-refractivity contribution is 5.89. The van der Waals surface area contributed by atoms with Gasteiger partial charge in [0.25, 0.3) is 0 Å². The van der Waals surface area contributed by atoms with Crippen LogP contribution in [0.25, 0.3) is 11.4 Å². The number of hydrogen-bond donors (Lipinski definition) is 1. The molecule has 1 saturated carbocycles. The first kappa shape index (κ1) is 13.2. The van der Waals surface area contributed by atoms with Crippen LogP contribution in [0.3, 0.4) is 0 Å². The summed E-state index contributed by atoms with van der Waals surface area (Å²) in [7, 11) is 0. The molecule has 2 aromatic rings. The van der Waals surface area contributed by atoms with E-state index in [0.29, 0.717) is 30.1 Å². The Morgan fingerprint density at radius 2 is 2.32 bits per heavy atom. The van der Waals surface area contributed by atoms with Crippen LogP contribution < -0.4 is 5.32 Å². The second-order valence-corrected chi connectivity index (χ2v) is 5.92. The fourth-order valence-electron chi connectivity index (χ4n) is 3.36. The number of aromatic nitrogens is 3. The number of rotatable bonds is 4. The molecule has 6 nitrogen and oxygen atoms in total. The average Bonchev–Trinajstić information content (AvgIpc) is 3.29. The van der Waals surface area contributed by atoms with Crippen molar-refractivity contribution in [3.8, 4) is 11.4 Å². The van der Waals surface area contributed by atoms with Crippen LogP contribution in [0.1, 0.15) is 23.5 Å². The molecule has 1 N–H and O–H groups in total. The lowest BCUT2D eigenvalue weighted by atomic mass is 9.94. The van der Waals surface area contributed by atoms with E-state index in [2.05, 4.69) is 32.6 Å². The van der Waals surface area contributed by atoms with Crippen molar-refractivity contribution in [2.45, 2.75) is 12.8 Å². The Kier molecular flexibility index (Phi) is 3.21. The molecule has 112 valence electrons. The minimum Gasteiger partial charge on any atom is -0.348 e. The average molecular weight is 296 g/mol. The highest BCUT2D eigenvalue weighted by atomic mass is 16.5. The Bertz CT molecular complexity index is 710. The number of pyridine rings is 1. The summed E-state index contributed by atoms with van der Waals surface area (Å²) in [5, 5.41) is 6.73. The topological polar surface area (TPSA) is 80.9 Å². The molecular formula is C16H16N4O2. The van der Waals surface area contributed by atoms with Crippen LogP contribution in [0.5, 0.6) is 0 Å². The number of amides is 1. The number of nitrogens with one attached hydrogen (secondary N) is 1. The van der Waals surface area contributed by atoms with Crippen molar-refractivity contribution in [1.82, 2.24) is 20.4 Å². The molecule has 2 aromatic heterocycles. The molecule has 3 unspecified atom stereocenters. The van der Waals surface area contributed by atoms with E-state index >= 15 is 0 Å². The van der Waals surface area contributed by atoms with Crippen molar-refractivity contribution < 1.29 is 9.32 Å². The molecule has 0 aliphatic heterocycles. The second kappa shape index (κ2) is 5.36. The monoisotopic (exact) mass is 296 g/mol. The predicted octanol–water partition coefficient (Wildman–Crippen LogP) is 2.07. The van der Waals surface area contributed by atoms with E-state index in [1.54, 1.807) is 18.5 Å². The number of nitrogens with zero attached hydrogens (tertiary/aromatic N) is 3. The van der Waals surface area contributed by atoms with Crippen LogP contribution >= 0.6 is 0 Å². The molecule has 0 aromatic carbocycles. The number of carbonyl (C=O) groups excluding carboxylic acids is 1. The molecule has 2 aliphatic carbocycles. The first-order valence-electron chi connectivity index (χ1n) is 7.50. The third kappa shape index (κ3) is 2.41. The van der Waals surface area contributed by atoms with E-state index in [1.165, 1.54) is 6.42 Å². The molecule has 4 rings (SSSR count). The number of fused-ring (bicyclic) bond motifs is 2. The van der Waals surface area contributed by atoms with Crippen LogP contribution in [-0.2, 0) is 0 Å². The van der Waals surface area contributed by atoms with E-state index in [9.17, 15) is 4.79 Å². The summed E-state index contributed by atoms with van der Waals surface area (Å²) in [6, 6.07) is 3.61. The fraction of sp³-hybridized carbons (Fsp3) is 0.375. The van der Waals surface area contributed by atoms with E-state index in [4.69, 9.17) is 4.52 Å². The fourth-order valence-corrected chi connectivity index (χ4v) is 3.36. The van der Waals surface area contributed by atoms with Gasteiger partial charge in [-0.1, -0.05) is 17.3 Å². The molecule has 22 heavy (non-hydrogen) atoms. The van der Waals surface area contributed by atoms with Crippen LogP contribution in [-0.4, -0.2) is 27.6 Å². The van der Waals surface area contributed by atoms with Crippen molar-refractivity contribution in [2.24, 2.45) is 17.8 Å². The summed E-state index contributed by atoms with van der Waals surface area (Å²) >= 11 is 0. The summed E-state index contributed by atoms with van der Waals surface area (Å²) in [5.74, 6) is 1.90. The van der Waals surface area contributed by atoms with Gasteiger partial charge in [-0.3, -0.25) is 9.78 Å². The maximum atomic E-state index is 12.1. The minimum atomic E-state index is -0.311. The largest absolute Gasteiger partial charge is 0.348 e. The molecule has 6 heteroatoms. The van der Waals surface area contributed by atoms with Gasteiger partial charge in [-0.25, -0.2) is 0 Å². The Morgan fingerprint density at radius 1 is 1.36 bits per heavy atom. The van der Waals surface area contributed by atoms with Gasteiger partial charge < -0.3 is 9.84 Å². The van der Waals surface area contributed by atoms with Gasteiger partial charge in [-0.2, -0.15) is 4.98 Å². The van der Waals surface area contributed by atoms with Crippen molar-refractivity contribution in [3.05, 3.63) is 42.6 Å². The number of carbonyl (C=O) groups is 1. The number of hydrogen-bond acceptors (Lipinski definition) is 5. The van der Waals surface area contributed by atoms with Crippen molar-refractivity contribution in [2.75, 3.05) is 6.54 Å². The van der Waals surface area contributed by atoms with Gasteiger partial charge in [-0.05, 0) is 42.7 Å². The van der Waals surface area contributed by atoms with Gasteiger partial charge in [0.1, 0.15) is 0 Å². The Hall–Kier alpha value is -2.50. The zero-order chi connectivity index (χ0) is 14.9. The first-order chi connectivity index (χ1) is 10.8. The molecule has 2 heterocycles. The summed E-state index contributed by atoms with van der Waals surface area (Å²) in [5.41, 5.74) is 0.725. The highest BCUT2D eigenvalue weighted by Gasteiger charge is 2.35. The normalized spacial score (nSPS) is 25.5. The predicted molar refractivity (Wildman–Crippen MR) is 78.7 cm³/mol. The van der Waals surface area contributed by atoms with Gasteiger partial charge >= 0.3 is 11.8 Å². The Balaban J connectivity index is 1.39. The maximum Gasteiger partial charge on any atom is 0.316 e. The van der Waals surface area contributed by atoms with Gasteiger partial charge in [0, 0.05) is 24.5 Å². The highest BCUT2D eigenvalue weighted by Crippen LogP contribution is 2.42. The molecule has 0 saturated heterocycles. The molecule has 2 bridgehead atoms. The quantitative estimate of drug-likeness (QED) is 0.874. The first-order valence-corrected chi connectivity index (χ1v) is 7.50. The van der Waals surface area contributed by atoms with Crippen molar-refractivity contribution in [3.63, 3.8) is 0 Å². The molecule has 0 spiro atoms.